The van der Waals surface area contributed by atoms with Gasteiger partial charge in [-0.2, -0.15) is 0 Å². The van der Waals surface area contributed by atoms with Gasteiger partial charge in [-0.3, -0.25) is 10.1 Å². The van der Waals surface area contributed by atoms with Gasteiger partial charge in [-0.25, -0.2) is 4.39 Å². The van der Waals surface area contributed by atoms with Gasteiger partial charge in [-0.05, 0) is 48.7 Å². The number of aryl methyl sites for hydroxylation is 1. The summed E-state index contributed by atoms with van der Waals surface area (Å²) in [5.41, 5.74) is 2.40. The molecule has 0 spiro atoms. The normalized spacial score (nSPS) is 10.4. The van der Waals surface area contributed by atoms with Gasteiger partial charge in [-0.1, -0.05) is 22.0 Å². The van der Waals surface area contributed by atoms with E-state index in [9.17, 15) is 14.5 Å². The molecule has 0 saturated carbocycles. The van der Waals surface area contributed by atoms with Crippen molar-refractivity contribution in [3.8, 4) is 0 Å². The van der Waals surface area contributed by atoms with Crippen LogP contribution in [-0.2, 0) is 6.42 Å². The van der Waals surface area contributed by atoms with Gasteiger partial charge in [-0.15, -0.1) is 0 Å². The number of hydrogen-bond acceptors (Lipinski definition) is 3. The zero-order valence-corrected chi connectivity index (χ0v) is 13.0. The van der Waals surface area contributed by atoms with E-state index < -0.39 is 4.92 Å². The van der Waals surface area contributed by atoms with Crippen LogP contribution in [0, 0.1) is 22.9 Å². The largest absolute Gasteiger partial charge is 0.379 e. The highest BCUT2D eigenvalue weighted by molar-refractivity contribution is 9.10. The highest BCUT2D eigenvalue weighted by atomic mass is 79.9. The molecular formula is C15H14BrFN2O2. The van der Waals surface area contributed by atoms with Crippen LogP contribution in [0.3, 0.4) is 0 Å². The van der Waals surface area contributed by atoms with Crippen LogP contribution in [0.2, 0.25) is 0 Å². The maximum atomic E-state index is 13.0. The summed E-state index contributed by atoms with van der Waals surface area (Å²) >= 11 is 3.22. The first kappa shape index (κ1) is 15.4. The van der Waals surface area contributed by atoms with Crippen molar-refractivity contribution in [2.75, 3.05) is 11.9 Å². The predicted octanol–water partition coefficient (Wildman–Crippen LogP) is 4.46. The van der Waals surface area contributed by atoms with Gasteiger partial charge >= 0.3 is 0 Å². The van der Waals surface area contributed by atoms with Crippen LogP contribution in [0.15, 0.2) is 40.9 Å². The van der Waals surface area contributed by atoms with E-state index in [1.54, 1.807) is 18.2 Å². The Kier molecular flexibility index (Phi) is 4.90. The number of nitrogens with zero attached hydrogens (tertiary/aromatic N) is 1. The minimum atomic E-state index is -0.420. The summed E-state index contributed by atoms with van der Waals surface area (Å²) < 4.78 is 13.7. The van der Waals surface area contributed by atoms with E-state index in [1.165, 1.54) is 18.2 Å². The fraction of sp³-hybridized carbons (Fsp3) is 0.200. The van der Waals surface area contributed by atoms with Crippen LogP contribution in [0.5, 0.6) is 0 Å². The first-order valence-corrected chi connectivity index (χ1v) is 7.19. The molecule has 0 bridgehead atoms. The highest BCUT2D eigenvalue weighted by Gasteiger charge is 2.13. The van der Waals surface area contributed by atoms with Crippen molar-refractivity contribution >= 4 is 27.3 Å². The Labute approximate surface area is 130 Å². The van der Waals surface area contributed by atoms with Crippen LogP contribution < -0.4 is 5.32 Å². The molecule has 110 valence electrons. The number of nitro benzene ring substituents is 1. The molecule has 21 heavy (non-hydrogen) atoms. The average molecular weight is 353 g/mol. The quantitative estimate of drug-likeness (QED) is 0.638. The van der Waals surface area contributed by atoms with E-state index in [0.29, 0.717) is 23.1 Å². The van der Waals surface area contributed by atoms with E-state index in [4.69, 9.17) is 0 Å². The van der Waals surface area contributed by atoms with Crippen molar-refractivity contribution in [2.45, 2.75) is 13.3 Å². The van der Waals surface area contributed by atoms with Gasteiger partial charge in [0, 0.05) is 17.1 Å². The first-order valence-electron chi connectivity index (χ1n) is 6.40. The topological polar surface area (TPSA) is 55.2 Å². The number of halogens is 2. The molecule has 0 atom stereocenters. The third-order valence-corrected chi connectivity index (χ3v) is 3.66. The Balaban J connectivity index is 2.05. The second-order valence-electron chi connectivity index (χ2n) is 4.67. The highest BCUT2D eigenvalue weighted by Crippen LogP contribution is 2.27. The fourth-order valence-corrected chi connectivity index (χ4v) is 2.43. The van der Waals surface area contributed by atoms with E-state index in [2.05, 4.69) is 21.2 Å². The van der Waals surface area contributed by atoms with Crippen LogP contribution in [-0.4, -0.2) is 11.5 Å². The molecule has 0 amide bonds. The molecule has 0 aliphatic carbocycles. The van der Waals surface area contributed by atoms with Gasteiger partial charge in [0.05, 0.1) is 4.92 Å². The smallest absolute Gasteiger partial charge is 0.293 e. The average Bonchev–Trinajstić information content (AvgIpc) is 2.42. The number of hydrogen-bond donors (Lipinski definition) is 1. The minimum absolute atomic E-state index is 0.0280. The Hall–Kier alpha value is -1.95. The second-order valence-corrected chi connectivity index (χ2v) is 5.58. The zero-order valence-electron chi connectivity index (χ0n) is 11.4. The van der Waals surface area contributed by atoms with Crippen molar-refractivity contribution < 1.29 is 9.31 Å². The van der Waals surface area contributed by atoms with Gasteiger partial charge in [0.1, 0.15) is 11.5 Å². The van der Waals surface area contributed by atoms with Crippen LogP contribution in [0.25, 0.3) is 0 Å². The summed E-state index contributed by atoms with van der Waals surface area (Å²) in [4.78, 5) is 10.6. The van der Waals surface area contributed by atoms with E-state index >= 15 is 0 Å². The maximum absolute atomic E-state index is 13.0. The van der Waals surface area contributed by atoms with Crippen molar-refractivity contribution in [1.29, 1.82) is 0 Å². The van der Waals surface area contributed by atoms with E-state index in [0.717, 1.165) is 11.1 Å². The Morgan fingerprint density at radius 1 is 1.29 bits per heavy atom. The molecule has 0 aliphatic heterocycles. The third-order valence-electron chi connectivity index (χ3n) is 3.17. The lowest BCUT2D eigenvalue weighted by Gasteiger charge is -2.09. The lowest BCUT2D eigenvalue weighted by Crippen LogP contribution is -2.07. The fourth-order valence-electron chi connectivity index (χ4n) is 2.08. The molecule has 0 fully saturated rings. The summed E-state index contributed by atoms with van der Waals surface area (Å²) in [6, 6.07) is 9.52. The number of benzene rings is 2. The van der Waals surface area contributed by atoms with Gasteiger partial charge in [0.15, 0.2) is 0 Å². The molecular weight excluding hydrogens is 339 g/mol. The maximum Gasteiger partial charge on any atom is 0.293 e. The molecule has 0 aliphatic rings. The molecule has 6 heteroatoms. The summed E-state index contributed by atoms with van der Waals surface area (Å²) in [7, 11) is 0. The molecule has 4 nitrogen and oxygen atoms in total. The van der Waals surface area contributed by atoms with Crippen LogP contribution in [0.4, 0.5) is 15.8 Å². The monoisotopic (exact) mass is 352 g/mol. The van der Waals surface area contributed by atoms with E-state index in [1.807, 2.05) is 6.92 Å². The summed E-state index contributed by atoms with van der Waals surface area (Å²) in [5, 5.41) is 14.1. The molecule has 0 unspecified atom stereocenters. The molecule has 0 radical (unpaired) electrons. The number of nitrogens with one attached hydrogen (secondary N) is 1. The SMILES string of the molecule is Cc1cc(F)ccc1CCNc1ccc(Br)cc1[N+](=O)[O-]. The van der Waals surface area contributed by atoms with Gasteiger partial charge in [0.25, 0.3) is 5.69 Å². The second kappa shape index (κ2) is 6.67. The van der Waals surface area contributed by atoms with Gasteiger partial charge in [0.2, 0.25) is 0 Å². The standard InChI is InChI=1S/C15H14BrFN2O2/c1-10-8-13(17)4-2-11(10)6-7-18-14-5-3-12(16)9-15(14)19(20)21/h2-5,8-9,18H,6-7H2,1H3. The molecule has 1 N–H and O–H groups in total. The molecule has 0 saturated heterocycles. The lowest BCUT2D eigenvalue weighted by atomic mass is 10.1. The van der Waals surface area contributed by atoms with Gasteiger partial charge < -0.3 is 5.32 Å². The summed E-state index contributed by atoms with van der Waals surface area (Å²) in [6.45, 7) is 2.38. The minimum Gasteiger partial charge on any atom is -0.379 e. The molecule has 0 aromatic heterocycles. The Bertz CT molecular complexity index is 677. The molecule has 2 rings (SSSR count). The predicted molar refractivity (Wildman–Crippen MR) is 84.1 cm³/mol. The number of anilines is 1. The molecule has 2 aromatic rings. The summed E-state index contributed by atoms with van der Waals surface area (Å²) in [6.07, 6.45) is 0.666. The zero-order chi connectivity index (χ0) is 15.4. The van der Waals surface area contributed by atoms with Crippen molar-refractivity contribution in [3.63, 3.8) is 0 Å². The van der Waals surface area contributed by atoms with Crippen LogP contribution >= 0.6 is 15.9 Å². The first-order chi connectivity index (χ1) is 9.97. The number of rotatable bonds is 5. The van der Waals surface area contributed by atoms with Crippen molar-refractivity contribution in [2.24, 2.45) is 0 Å². The van der Waals surface area contributed by atoms with Crippen molar-refractivity contribution in [3.05, 3.63) is 67.9 Å². The third kappa shape index (κ3) is 4.01. The molecule has 0 heterocycles. The van der Waals surface area contributed by atoms with Crippen molar-refractivity contribution in [1.82, 2.24) is 0 Å². The van der Waals surface area contributed by atoms with Crippen LogP contribution in [0.1, 0.15) is 11.1 Å². The lowest BCUT2D eigenvalue weighted by molar-refractivity contribution is -0.384. The number of nitro groups is 1. The molecule has 2 aromatic carbocycles. The Morgan fingerprint density at radius 3 is 2.71 bits per heavy atom. The Morgan fingerprint density at radius 2 is 2.05 bits per heavy atom. The summed E-state index contributed by atoms with van der Waals surface area (Å²) in [5.74, 6) is -0.257. The van der Waals surface area contributed by atoms with E-state index in [-0.39, 0.29) is 11.5 Å².